The summed E-state index contributed by atoms with van der Waals surface area (Å²) in [6.07, 6.45) is 5.22. The largest absolute Gasteiger partial charge is 0.484 e. The van der Waals surface area contributed by atoms with Crippen molar-refractivity contribution in [3.8, 4) is 5.75 Å². The number of halogens is 1. The number of aryl methyl sites for hydroxylation is 2. The molecule has 0 bridgehead atoms. The molecule has 39 heavy (non-hydrogen) atoms. The van der Waals surface area contributed by atoms with E-state index in [1.54, 1.807) is 43.6 Å². The third kappa shape index (κ3) is 7.32. The second-order valence-electron chi connectivity index (χ2n) is 10.0. The molecule has 0 radical (unpaired) electrons. The van der Waals surface area contributed by atoms with Gasteiger partial charge in [0.05, 0.1) is 12.0 Å². The van der Waals surface area contributed by atoms with Crippen molar-refractivity contribution in [2.75, 3.05) is 32.7 Å². The number of ether oxygens (including phenoxy) is 1. The molecule has 0 saturated carbocycles. The molecule has 8 nitrogen and oxygen atoms in total. The van der Waals surface area contributed by atoms with Crippen LogP contribution in [0.25, 0.3) is 0 Å². The first-order valence-corrected chi connectivity index (χ1v) is 13.2. The number of amides is 2. The van der Waals surface area contributed by atoms with Crippen LogP contribution in [0.5, 0.6) is 5.75 Å². The summed E-state index contributed by atoms with van der Waals surface area (Å²) >= 11 is 0. The second-order valence-corrected chi connectivity index (χ2v) is 10.0. The molecule has 1 fully saturated rings. The first-order chi connectivity index (χ1) is 18.7. The molecule has 9 heteroatoms. The van der Waals surface area contributed by atoms with Gasteiger partial charge < -0.3 is 19.5 Å². The Balaban J connectivity index is 1.41. The van der Waals surface area contributed by atoms with Crippen LogP contribution in [0.15, 0.2) is 67.6 Å². The van der Waals surface area contributed by atoms with Crippen molar-refractivity contribution < 1.29 is 18.7 Å². The Morgan fingerprint density at radius 3 is 2.64 bits per heavy atom. The molecule has 2 heterocycles. The number of hydrogen-bond donors (Lipinski definition) is 1. The van der Waals surface area contributed by atoms with Crippen molar-refractivity contribution in [3.05, 3.63) is 95.8 Å². The van der Waals surface area contributed by atoms with Crippen LogP contribution in [0.3, 0.4) is 0 Å². The molecule has 0 spiro atoms. The Labute approximate surface area is 229 Å². The van der Waals surface area contributed by atoms with Gasteiger partial charge >= 0.3 is 0 Å². The zero-order valence-corrected chi connectivity index (χ0v) is 22.8. The van der Waals surface area contributed by atoms with Crippen LogP contribution in [-0.2, 0) is 18.3 Å². The molecule has 0 unspecified atom stereocenters. The molecule has 1 aliphatic heterocycles. The van der Waals surface area contributed by atoms with Crippen molar-refractivity contribution in [2.24, 2.45) is 7.05 Å². The minimum atomic E-state index is -0.438. The molecular weight excluding hydrogens is 497 g/mol. The Hall–Kier alpha value is -3.98. The lowest BCUT2D eigenvalue weighted by Crippen LogP contribution is -2.54. The van der Waals surface area contributed by atoms with Crippen molar-refractivity contribution >= 4 is 11.8 Å². The third-order valence-electron chi connectivity index (χ3n) is 6.98. The molecule has 1 aliphatic rings. The summed E-state index contributed by atoms with van der Waals surface area (Å²) in [6.45, 7) is 10.3. The number of piperazine rings is 1. The van der Waals surface area contributed by atoms with Gasteiger partial charge in [-0.25, -0.2) is 9.37 Å². The summed E-state index contributed by atoms with van der Waals surface area (Å²) in [5, 5.41) is 2.92. The standard InChI is InChI=1S/C30H36FN5O3/c1-5-29(37)36-15-14-35(17-22(36)3)19-28(24-7-6-21(2)27(31)16-24)39-26-10-8-23(9-11-26)30(38)32-13-12-25-18-34(4)20-33-25/h5-11,16,18,20,22,28H,1,12-15,17,19H2,2-4H3,(H,32,38)/t22-,28+/m1/s1. The monoisotopic (exact) mass is 533 g/mol. The first-order valence-electron chi connectivity index (χ1n) is 13.2. The summed E-state index contributed by atoms with van der Waals surface area (Å²) in [4.78, 5) is 33.0. The summed E-state index contributed by atoms with van der Waals surface area (Å²) in [5.74, 6) is 0.0557. The number of carbonyl (C=O) groups excluding carboxylic acids is 2. The highest BCUT2D eigenvalue weighted by Crippen LogP contribution is 2.26. The van der Waals surface area contributed by atoms with E-state index in [2.05, 4.69) is 21.8 Å². The average Bonchev–Trinajstić information content (AvgIpc) is 3.34. The van der Waals surface area contributed by atoms with E-state index in [4.69, 9.17) is 4.74 Å². The van der Waals surface area contributed by atoms with E-state index >= 15 is 0 Å². The maximum atomic E-state index is 14.5. The Morgan fingerprint density at radius 1 is 1.23 bits per heavy atom. The summed E-state index contributed by atoms with van der Waals surface area (Å²) in [5.41, 5.74) is 2.74. The minimum Gasteiger partial charge on any atom is -0.484 e. The lowest BCUT2D eigenvalue weighted by atomic mass is 10.0. The smallest absolute Gasteiger partial charge is 0.251 e. The van der Waals surface area contributed by atoms with Gasteiger partial charge in [-0.3, -0.25) is 14.5 Å². The van der Waals surface area contributed by atoms with Crippen molar-refractivity contribution in [1.29, 1.82) is 0 Å². The summed E-state index contributed by atoms with van der Waals surface area (Å²) in [6, 6.07) is 12.1. The molecule has 2 atom stereocenters. The maximum Gasteiger partial charge on any atom is 0.251 e. The molecule has 0 aliphatic carbocycles. The molecule has 206 valence electrons. The van der Waals surface area contributed by atoms with Crippen LogP contribution in [0.2, 0.25) is 0 Å². The molecule has 4 rings (SSSR count). The van der Waals surface area contributed by atoms with Gasteiger partial charge in [-0.2, -0.15) is 0 Å². The lowest BCUT2D eigenvalue weighted by Gasteiger charge is -2.40. The maximum absolute atomic E-state index is 14.5. The average molecular weight is 534 g/mol. The predicted molar refractivity (Wildman–Crippen MR) is 148 cm³/mol. The molecule has 2 amide bonds. The van der Waals surface area contributed by atoms with Crippen molar-refractivity contribution in [3.63, 3.8) is 0 Å². The molecular formula is C30H36FN5O3. The summed E-state index contributed by atoms with van der Waals surface area (Å²) < 4.78 is 22.7. The first kappa shape index (κ1) is 28.0. The fourth-order valence-electron chi connectivity index (χ4n) is 4.75. The van der Waals surface area contributed by atoms with Crippen LogP contribution < -0.4 is 10.1 Å². The lowest BCUT2D eigenvalue weighted by molar-refractivity contribution is -0.130. The quantitative estimate of drug-likeness (QED) is 0.403. The van der Waals surface area contributed by atoms with Crippen molar-refractivity contribution in [2.45, 2.75) is 32.4 Å². The van der Waals surface area contributed by atoms with Gasteiger partial charge in [0, 0.05) is 64.0 Å². The minimum absolute atomic E-state index is 0.0233. The topological polar surface area (TPSA) is 79.7 Å². The van der Waals surface area contributed by atoms with Gasteiger partial charge in [0.15, 0.2) is 0 Å². The Kier molecular flexibility index (Phi) is 9.14. The number of carbonyl (C=O) groups is 2. The number of benzene rings is 2. The highest BCUT2D eigenvalue weighted by atomic mass is 19.1. The third-order valence-corrected chi connectivity index (χ3v) is 6.98. The van der Waals surface area contributed by atoms with E-state index in [0.29, 0.717) is 56.0 Å². The van der Waals surface area contributed by atoms with Crippen LogP contribution in [-0.4, -0.2) is 69.9 Å². The fourth-order valence-corrected chi connectivity index (χ4v) is 4.75. The Bertz CT molecular complexity index is 1310. The normalized spacial score (nSPS) is 16.5. The van der Waals surface area contributed by atoms with E-state index in [1.807, 2.05) is 35.7 Å². The van der Waals surface area contributed by atoms with Crippen LogP contribution in [0, 0.1) is 12.7 Å². The highest BCUT2D eigenvalue weighted by Gasteiger charge is 2.28. The van der Waals surface area contributed by atoms with E-state index in [9.17, 15) is 14.0 Å². The number of imidazole rings is 1. The summed E-state index contributed by atoms with van der Waals surface area (Å²) in [7, 11) is 1.91. The van der Waals surface area contributed by atoms with E-state index in [0.717, 1.165) is 11.3 Å². The van der Waals surface area contributed by atoms with Gasteiger partial charge in [0.1, 0.15) is 17.7 Å². The number of aromatic nitrogens is 2. The van der Waals surface area contributed by atoms with E-state index in [-0.39, 0.29) is 23.7 Å². The van der Waals surface area contributed by atoms with Gasteiger partial charge in [-0.05, 0) is 61.4 Å². The number of hydrogen-bond acceptors (Lipinski definition) is 5. The number of nitrogens with one attached hydrogen (secondary N) is 1. The molecule has 2 aromatic carbocycles. The zero-order valence-electron chi connectivity index (χ0n) is 22.8. The number of rotatable bonds is 10. The van der Waals surface area contributed by atoms with Gasteiger partial charge in [0.25, 0.3) is 5.91 Å². The van der Waals surface area contributed by atoms with Crippen molar-refractivity contribution in [1.82, 2.24) is 24.7 Å². The van der Waals surface area contributed by atoms with Gasteiger partial charge in [-0.1, -0.05) is 18.7 Å². The predicted octanol–water partition coefficient (Wildman–Crippen LogP) is 3.68. The van der Waals surface area contributed by atoms with E-state index in [1.165, 1.54) is 12.1 Å². The SMILES string of the molecule is C=CC(=O)N1CCN(C[C@H](Oc2ccc(C(=O)NCCc3cn(C)cn3)cc2)c2ccc(C)c(F)c2)C[C@H]1C. The number of nitrogens with zero attached hydrogens (tertiary/aromatic N) is 4. The zero-order chi connectivity index (χ0) is 27.9. The molecule has 1 N–H and O–H groups in total. The van der Waals surface area contributed by atoms with E-state index < -0.39 is 6.10 Å². The highest BCUT2D eigenvalue weighted by molar-refractivity contribution is 5.94. The Morgan fingerprint density at radius 2 is 2.00 bits per heavy atom. The fraction of sp³-hybridized carbons (Fsp3) is 0.367. The van der Waals surface area contributed by atoms with Gasteiger partial charge in [-0.15, -0.1) is 0 Å². The van der Waals surface area contributed by atoms with Crippen LogP contribution in [0.4, 0.5) is 4.39 Å². The molecule has 1 aromatic heterocycles. The van der Waals surface area contributed by atoms with Crippen LogP contribution in [0.1, 0.15) is 40.2 Å². The van der Waals surface area contributed by atoms with Crippen LogP contribution >= 0.6 is 0 Å². The van der Waals surface area contributed by atoms with Gasteiger partial charge in [0.2, 0.25) is 5.91 Å². The molecule has 3 aromatic rings. The molecule has 1 saturated heterocycles. The second kappa shape index (κ2) is 12.7.